The highest BCUT2D eigenvalue weighted by Gasteiger charge is 2.18. The van der Waals surface area contributed by atoms with Crippen LogP contribution in [0.4, 0.5) is 4.39 Å². The van der Waals surface area contributed by atoms with Gasteiger partial charge < -0.3 is 13.9 Å². The van der Waals surface area contributed by atoms with E-state index in [1.807, 2.05) is 37.3 Å². The molecule has 29 heavy (non-hydrogen) atoms. The molecule has 5 heteroatoms. The summed E-state index contributed by atoms with van der Waals surface area (Å²) in [5.41, 5.74) is 1.83. The molecule has 0 spiro atoms. The van der Waals surface area contributed by atoms with Gasteiger partial charge in [0.15, 0.2) is 11.6 Å². The molecular formula is C24H19FO4. The molecule has 0 radical (unpaired) electrons. The molecule has 4 rings (SSSR count). The molecule has 0 aliphatic rings. The van der Waals surface area contributed by atoms with Crippen LogP contribution >= 0.6 is 0 Å². The van der Waals surface area contributed by atoms with Gasteiger partial charge in [0, 0.05) is 5.56 Å². The summed E-state index contributed by atoms with van der Waals surface area (Å²) in [6.07, 6.45) is 0. The Morgan fingerprint density at radius 3 is 2.38 bits per heavy atom. The van der Waals surface area contributed by atoms with Gasteiger partial charge in [-0.2, -0.15) is 0 Å². The van der Waals surface area contributed by atoms with Crippen molar-refractivity contribution in [1.82, 2.24) is 0 Å². The molecule has 0 unspecified atom stereocenters. The van der Waals surface area contributed by atoms with E-state index in [-0.39, 0.29) is 22.7 Å². The predicted octanol–water partition coefficient (Wildman–Crippen LogP) is 5.92. The number of benzene rings is 3. The average molecular weight is 390 g/mol. The Hall–Kier alpha value is -3.60. The highest BCUT2D eigenvalue weighted by molar-refractivity contribution is 5.83. The molecule has 4 nitrogen and oxygen atoms in total. The number of ether oxygens (including phenoxy) is 2. The first kappa shape index (κ1) is 18.7. The molecule has 3 aromatic carbocycles. The van der Waals surface area contributed by atoms with Crippen molar-refractivity contribution in [2.24, 2.45) is 0 Å². The third kappa shape index (κ3) is 3.72. The van der Waals surface area contributed by atoms with Crippen molar-refractivity contribution in [3.63, 3.8) is 0 Å². The maximum absolute atomic E-state index is 13.9. The maximum atomic E-state index is 13.9. The number of hydrogen-bond donors (Lipinski definition) is 0. The molecule has 0 aliphatic carbocycles. The Morgan fingerprint density at radius 1 is 0.897 bits per heavy atom. The van der Waals surface area contributed by atoms with E-state index in [0.29, 0.717) is 23.3 Å². The molecule has 0 fully saturated rings. The summed E-state index contributed by atoms with van der Waals surface area (Å²) in [4.78, 5) is 13.0. The van der Waals surface area contributed by atoms with Gasteiger partial charge >= 0.3 is 0 Å². The fourth-order valence-electron chi connectivity index (χ4n) is 3.11. The first-order chi connectivity index (χ1) is 14.0. The maximum Gasteiger partial charge on any atom is 0.235 e. The second kappa shape index (κ2) is 7.80. The normalized spacial score (nSPS) is 10.9. The van der Waals surface area contributed by atoms with Crippen LogP contribution in [0.3, 0.4) is 0 Å². The molecule has 0 aliphatic heterocycles. The molecule has 0 saturated carbocycles. The molecule has 4 aromatic rings. The Kier molecular flexibility index (Phi) is 5.04. The van der Waals surface area contributed by atoms with Crippen molar-refractivity contribution in [3.05, 3.63) is 99.7 Å². The smallest absolute Gasteiger partial charge is 0.235 e. The van der Waals surface area contributed by atoms with Gasteiger partial charge in [0.25, 0.3) is 0 Å². The van der Waals surface area contributed by atoms with Gasteiger partial charge in [-0.15, -0.1) is 0 Å². The first-order valence-corrected chi connectivity index (χ1v) is 9.20. The number of rotatable bonds is 5. The van der Waals surface area contributed by atoms with E-state index >= 15 is 0 Å². The largest absolute Gasteiger partial charge is 0.488 e. The number of halogens is 1. The summed E-state index contributed by atoms with van der Waals surface area (Å²) in [6, 6.07) is 19.1. The summed E-state index contributed by atoms with van der Waals surface area (Å²) < 4.78 is 31.3. The van der Waals surface area contributed by atoms with Crippen LogP contribution in [0.25, 0.3) is 11.0 Å². The highest BCUT2D eigenvalue weighted by atomic mass is 19.1. The van der Waals surface area contributed by atoms with E-state index in [0.717, 1.165) is 11.1 Å². The van der Waals surface area contributed by atoms with Gasteiger partial charge in [-0.3, -0.25) is 4.79 Å². The lowest BCUT2D eigenvalue weighted by Crippen LogP contribution is -2.09. The monoisotopic (exact) mass is 390 g/mol. The lowest BCUT2D eigenvalue weighted by Gasteiger charge is -2.13. The van der Waals surface area contributed by atoms with Crippen LogP contribution in [0.5, 0.6) is 17.2 Å². The molecule has 0 saturated heterocycles. The molecule has 0 amide bonds. The Balaban J connectivity index is 1.70. The van der Waals surface area contributed by atoms with Crippen molar-refractivity contribution in [1.29, 1.82) is 0 Å². The Morgan fingerprint density at radius 2 is 1.62 bits per heavy atom. The van der Waals surface area contributed by atoms with E-state index < -0.39 is 5.82 Å². The molecule has 0 N–H and O–H groups in total. The molecular weight excluding hydrogens is 371 g/mol. The summed E-state index contributed by atoms with van der Waals surface area (Å²) in [6.45, 7) is 3.86. The fourth-order valence-corrected chi connectivity index (χ4v) is 3.11. The third-order valence-electron chi connectivity index (χ3n) is 4.67. The number of aryl methyl sites for hydroxylation is 2. The van der Waals surface area contributed by atoms with Gasteiger partial charge in [-0.1, -0.05) is 42.5 Å². The van der Waals surface area contributed by atoms with Gasteiger partial charge in [-0.25, -0.2) is 4.39 Å². The third-order valence-corrected chi connectivity index (χ3v) is 4.67. The van der Waals surface area contributed by atoms with Crippen molar-refractivity contribution in [3.8, 4) is 17.2 Å². The second-order valence-corrected chi connectivity index (χ2v) is 6.69. The molecule has 146 valence electrons. The first-order valence-electron chi connectivity index (χ1n) is 9.20. The van der Waals surface area contributed by atoms with Crippen molar-refractivity contribution in [2.45, 2.75) is 20.5 Å². The number of para-hydroxylation sites is 1. The van der Waals surface area contributed by atoms with Crippen LogP contribution < -0.4 is 14.9 Å². The minimum atomic E-state index is -0.549. The van der Waals surface area contributed by atoms with E-state index in [2.05, 4.69) is 0 Å². The van der Waals surface area contributed by atoms with E-state index in [1.165, 1.54) is 12.1 Å². The quantitative estimate of drug-likeness (QED) is 0.424. The standard InChI is InChI=1S/C24H19FO4/c1-15-20(27-14-17-8-4-3-5-9-17)13-12-18-22(26)24(16(2)28-23(15)18)29-21-11-7-6-10-19(21)25/h3-13H,14H2,1-2H3. The lowest BCUT2D eigenvalue weighted by molar-refractivity contribution is 0.304. The van der Waals surface area contributed by atoms with Crippen LogP contribution in [-0.4, -0.2) is 0 Å². The zero-order valence-corrected chi connectivity index (χ0v) is 16.1. The fraction of sp³-hybridized carbons (Fsp3) is 0.125. The average Bonchev–Trinajstić information content (AvgIpc) is 2.73. The summed E-state index contributed by atoms with van der Waals surface area (Å²) in [5.74, 6) is 0.301. The van der Waals surface area contributed by atoms with Gasteiger partial charge in [-0.05, 0) is 43.7 Å². The van der Waals surface area contributed by atoms with E-state index in [9.17, 15) is 9.18 Å². The molecule has 0 atom stereocenters. The number of hydrogen-bond acceptors (Lipinski definition) is 4. The van der Waals surface area contributed by atoms with Crippen molar-refractivity contribution in [2.75, 3.05) is 0 Å². The Bertz CT molecular complexity index is 1230. The molecule has 1 aromatic heterocycles. The minimum Gasteiger partial charge on any atom is -0.488 e. The second-order valence-electron chi connectivity index (χ2n) is 6.69. The Labute approximate surface area is 167 Å². The zero-order valence-electron chi connectivity index (χ0n) is 16.1. The molecule has 0 bridgehead atoms. The van der Waals surface area contributed by atoms with Crippen LogP contribution in [0.1, 0.15) is 16.9 Å². The topological polar surface area (TPSA) is 48.7 Å². The lowest BCUT2D eigenvalue weighted by atomic mass is 10.1. The van der Waals surface area contributed by atoms with Crippen LogP contribution in [0.2, 0.25) is 0 Å². The van der Waals surface area contributed by atoms with Gasteiger partial charge in [0.2, 0.25) is 11.2 Å². The SMILES string of the molecule is Cc1oc2c(C)c(OCc3ccccc3)ccc2c(=O)c1Oc1ccccc1F. The van der Waals surface area contributed by atoms with E-state index in [4.69, 9.17) is 13.9 Å². The zero-order chi connectivity index (χ0) is 20.4. The summed E-state index contributed by atoms with van der Waals surface area (Å²) in [5, 5.41) is 0.353. The summed E-state index contributed by atoms with van der Waals surface area (Å²) in [7, 11) is 0. The van der Waals surface area contributed by atoms with Gasteiger partial charge in [0.1, 0.15) is 23.7 Å². The predicted molar refractivity (Wildman–Crippen MR) is 109 cm³/mol. The molecule has 1 heterocycles. The summed E-state index contributed by atoms with van der Waals surface area (Å²) >= 11 is 0. The van der Waals surface area contributed by atoms with Crippen molar-refractivity contribution >= 4 is 11.0 Å². The van der Waals surface area contributed by atoms with E-state index in [1.54, 1.807) is 31.2 Å². The minimum absolute atomic E-state index is 0.0261. The van der Waals surface area contributed by atoms with Crippen LogP contribution in [-0.2, 0) is 6.61 Å². The van der Waals surface area contributed by atoms with Crippen LogP contribution in [0.15, 0.2) is 75.9 Å². The number of fused-ring (bicyclic) bond motifs is 1. The van der Waals surface area contributed by atoms with Gasteiger partial charge in [0.05, 0.1) is 5.39 Å². The van der Waals surface area contributed by atoms with Crippen LogP contribution in [0, 0.1) is 19.7 Å². The highest BCUT2D eigenvalue weighted by Crippen LogP contribution is 2.31. The van der Waals surface area contributed by atoms with Crippen molar-refractivity contribution < 1.29 is 18.3 Å².